The van der Waals surface area contributed by atoms with E-state index in [0.29, 0.717) is 12.8 Å². The first kappa shape index (κ1) is 33.4. The van der Waals surface area contributed by atoms with Crippen molar-refractivity contribution in [2.45, 2.75) is 117 Å². The van der Waals surface area contributed by atoms with Gasteiger partial charge >= 0.3 is 15.6 Å². The molecule has 0 amide bonds. The largest absolute Gasteiger partial charge is 0.483 e. The number of rotatable bonds is 21. The summed E-state index contributed by atoms with van der Waals surface area (Å²) in [6.07, 6.45) is 15.3. The van der Waals surface area contributed by atoms with Crippen LogP contribution in [-0.4, -0.2) is 29.6 Å². The van der Waals surface area contributed by atoms with Crippen molar-refractivity contribution >= 4 is 15.6 Å². The van der Waals surface area contributed by atoms with Crippen LogP contribution in [0.25, 0.3) is 0 Å². The van der Waals surface area contributed by atoms with Gasteiger partial charge in [0.25, 0.3) is 0 Å². The number of hydrogen-bond donors (Lipinski definition) is 2. The van der Waals surface area contributed by atoms with Crippen LogP contribution < -0.4 is 0 Å². The Kier molecular flexibility index (Phi) is 25.2. The van der Waals surface area contributed by atoms with Crippen LogP contribution in [-0.2, 0) is 27.6 Å². The standard InChI is InChI=1S/C16H36O7P2.C5H11O/c1-3-5-7-9-11-13-15-21-25(20,23-24(17,18)19)22-16-14-12-10-8-6-4-2;1-2-3-4-5-6/h3-16H2,1-2H3,(H2,17,18,19);2-5H2,1H3. The van der Waals surface area contributed by atoms with E-state index in [1.165, 1.54) is 12.8 Å². The van der Waals surface area contributed by atoms with Crippen molar-refractivity contribution < 1.29 is 37.4 Å². The van der Waals surface area contributed by atoms with Crippen LogP contribution >= 0.6 is 15.6 Å². The van der Waals surface area contributed by atoms with Crippen molar-refractivity contribution in [2.24, 2.45) is 0 Å². The molecule has 0 spiro atoms. The van der Waals surface area contributed by atoms with Crippen molar-refractivity contribution in [2.75, 3.05) is 19.8 Å². The van der Waals surface area contributed by atoms with Gasteiger partial charge in [0.15, 0.2) is 0 Å². The molecule has 0 aliphatic carbocycles. The van der Waals surface area contributed by atoms with E-state index in [1.807, 2.05) is 0 Å². The molecule has 31 heavy (non-hydrogen) atoms. The predicted molar refractivity (Wildman–Crippen MR) is 124 cm³/mol. The Labute approximate surface area is 190 Å². The lowest BCUT2D eigenvalue weighted by molar-refractivity contribution is 0.136. The van der Waals surface area contributed by atoms with Gasteiger partial charge < -0.3 is 9.79 Å². The molecule has 0 aromatic heterocycles. The normalized spacial score (nSPS) is 11.9. The van der Waals surface area contributed by atoms with Crippen LogP contribution in [0.1, 0.15) is 117 Å². The third-order valence-corrected chi connectivity index (χ3v) is 7.10. The minimum Gasteiger partial charge on any atom is -0.302 e. The molecule has 0 aliphatic heterocycles. The number of phosphoric ester groups is 1. The molecule has 0 heterocycles. The number of hydrogen-bond acceptors (Lipinski definition) is 5. The summed E-state index contributed by atoms with van der Waals surface area (Å²) < 4.78 is 37.8. The molecule has 0 aromatic rings. The van der Waals surface area contributed by atoms with Gasteiger partial charge in [-0.3, -0.25) is 9.05 Å². The molecule has 0 bridgehead atoms. The lowest BCUT2D eigenvalue weighted by Crippen LogP contribution is -2.02. The van der Waals surface area contributed by atoms with Crippen LogP contribution in [0.4, 0.5) is 0 Å². The SMILES string of the molecule is CCCCCCCCOP(=O)(OCCCCCCCC)OP(=O)(O)O.CCCCC[O]. The molecule has 0 saturated heterocycles. The second-order valence-corrected chi connectivity index (χ2v) is 10.7. The van der Waals surface area contributed by atoms with Crippen LogP contribution in [0.15, 0.2) is 0 Å². The lowest BCUT2D eigenvalue weighted by atomic mass is 10.1. The van der Waals surface area contributed by atoms with Gasteiger partial charge in [-0.05, 0) is 19.3 Å². The summed E-state index contributed by atoms with van der Waals surface area (Å²) in [7, 11) is -9.17. The Hall–Kier alpha value is 0.220. The van der Waals surface area contributed by atoms with Crippen molar-refractivity contribution in [3.63, 3.8) is 0 Å². The molecule has 0 rings (SSSR count). The maximum absolute atomic E-state index is 12.3. The topological polar surface area (TPSA) is 122 Å². The van der Waals surface area contributed by atoms with Gasteiger partial charge in [0.2, 0.25) is 0 Å². The van der Waals surface area contributed by atoms with E-state index in [-0.39, 0.29) is 19.8 Å². The summed E-state index contributed by atoms with van der Waals surface area (Å²) in [6, 6.07) is 0. The minimum absolute atomic E-state index is 0.0971. The highest BCUT2D eigenvalue weighted by molar-refractivity contribution is 7.61. The molecule has 0 aromatic carbocycles. The Bertz CT molecular complexity index is 431. The molecule has 0 unspecified atom stereocenters. The maximum atomic E-state index is 12.3. The van der Waals surface area contributed by atoms with Gasteiger partial charge in [-0.15, -0.1) is 0 Å². The molecule has 1 radical (unpaired) electrons. The van der Waals surface area contributed by atoms with Crippen molar-refractivity contribution in [1.29, 1.82) is 0 Å². The average Bonchev–Trinajstić information content (AvgIpc) is 2.70. The Balaban J connectivity index is 0. The van der Waals surface area contributed by atoms with E-state index in [1.54, 1.807) is 0 Å². The fraction of sp³-hybridized carbons (Fsp3) is 1.00. The quantitative estimate of drug-likeness (QED) is 0.126. The van der Waals surface area contributed by atoms with Gasteiger partial charge in [-0.2, -0.15) is 4.31 Å². The fourth-order valence-corrected chi connectivity index (χ4v) is 4.88. The second kappa shape index (κ2) is 23.4. The lowest BCUT2D eigenvalue weighted by Gasteiger charge is -2.18. The summed E-state index contributed by atoms with van der Waals surface area (Å²) in [4.78, 5) is 17.8. The number of unbranched alkanes of at least 4 members (excludes halogenated alkanes) is 12. The molecular weight excluding hydrogens is 442 g/mol. The summed E-state index contributed by atoms with van der Waals surface area (Å²) in [6.45, 7) is 6.67. The summed E-state index contributed by atoms with van der Waals surface area (Å²) in [5.41, 5.74) is 0. The predicted octanol–water partition coefficient (Wildman–Crippen LogP) is 7.57. The van der Waals surface area contributed by atoms with Gasteiger partial charge in [0.05, 0.1) is 19.8 Å². The van der Waals surface area contributed by atoms with E-state index in [4.69, 9.17) is 18.8 Å². The Morgan fingerprint density at radius 2 is 0.935 bits per heavy atom. The zero-order chi connectivity index (χ0) is 23.8. The van der Waals surface area contributed by atoms with Crippen molar-refractivity contribution in [3.8, 4) is 0 Å². The zero-order valence-electron chi connectivity index (χ0n) is 20.0. The monoisotopic (exact) mass is 489 g/mol. The maximum Gasteiger partial charge on any atom is 0.483 e. The molecule has 8 nitrogen and oxygen atoms in total. The van der Waals surface area contributed by atoms with E-state index in [9.17, 15) is 14.2 Å². The number of phosphoric acid groups is 2. The minimum atomic E-state index is -4.94. The summed E-state index contributed by atoms with van der Waals surface area (Å²) >= 11 is 0. The Morgan fingerprint density at radius 3 is 1.26 bits per heavy atom. The Morgan fingerprint density at radius 1 is 0.581 bits per heavy atom. The van der Waals surface area contributed by atoms with Crippen LogP contribution in [0.3, 0.4) is 0 Å². The van der Waals surface area contributed by atoms with Crippen LogP contribution in [0.5, 0.6) is 0 Å². The molecule has 0 saturated carbocycles. The first-order chi connectivity index (χ1) is 14.7. The van der Waals surface area contributed by atoms with Crippen LogP contribution in [0, 0.1) is 0 Å². The fourth-order valence-electron chi connectivity index (χ4n) is 2.68. The van der Waals surface area contributed by atoms with Gasteiger partial charge in [0, 0.05) is 0 Å². The van der Waals surface area contributed by atoms with Crippen LogP contribution in [0.2, 0.25) is 0 Å². The van der Waals surface area contributed by atoms with Crippen molar-refractivity contribution in [1.82, 2.24) is 0 Å². The molecule has 2 N–H and O–H groups in total. The van der Waals surface area contributed by atoms with Gasteiger partial charge in [-0.25, -0.2) is 14.2 Å². The van der Waals surface area contributed by atoms with Crippen molar-refractivity contribution in [3.05, 3.63) is 0 Å². The van der Waals surface area contributed by atoms with Gasteiger partial charge in [-0.1, -0.05) is 97.8 Å². The molecule has 0 atom stereocenters. The highest BCUT2D eigenvalue weighted by atomic mass is 31.3. The summed E-state index contributed by atoms with van der Waals surface area (Å²) in [5, 5.41) is 9.69. The van der Waals surface area contributed by atoms with E-state index in [2.05, 4.69) is 25.1 Å². The molecule has 0 aliphatic rings. The first-order valence-corrected chi connectivity index (χ1v) is 15.0. The van der Waals surface area contributed by atoms with E-state index < -0.39 is 15.6 Å². The summed E-state index contributed by atoms with van der Waals surface area (Å²) in [5.74, 6) is 0. The molecule has 0 fully saturated rings. The second-order valence-electron chi connectivity index (χ2n) is 7.63. The molecule has 10 heteroatoms. The molecule has 189 valence electrons. The highest BCUT2D eigenvalue weighted by Crippen LogP contribution is 2.61. The first-order valence-electron chi connectivity index (χ1n) is 12.0. The van der Waals surface area contributed by atoms with E-state index in [0.717, 1.165) is 70.6 Å². The molecular formula is C21H47O8P2. The van der Waals surface area contributed by atoms with E-state index >= 15 is 0 Å². The average molecular weight is 490 g/mol. The highest BCUT2D eigenvalue weighted by Gasteiger charge is 2.35. The van der Waals surface area contributed by atoms with Gasteiger partial charge in [0.1, 0.15) is 0 Å². The smallest absolute Gasteiger partial charge is 0.302 e. The zero-order valence-corrected chi connectivity index (χ0v) is 21.8. The third-order valence-electron chi connectivity index (χ3n) is 4.45. The third kappa shape index (κ3) is 28.2.